The Morgan fingerprint density at radius 2 is 1.27 bits per heavy atom. The van der Waals surface area contributed by atoms with Crippen LogP contribution in [0.15, 0.2) is 12.2 Å². The van der Waals surface area contributed by atoms with E-state index in [2.05, 4.69) is 32.9 Å². The summed E-state index contributed by atoms with van der Waals surface area (Å²) in [6.07, 6.45) is 21.5. The van der Waals surface area contributed by atoms with Crippen molar-refractivity contribution in [2.75, 3.05) is 0 Å². The van der Waals surface area contributed by atoms with E-state index in [1.165, 1.54) is 70.6 Å². The summed E-state index contributed by atoms with van der Waals surface area (Å²) in [7, 11) is 0. The molecule has 1 aliphatic rings. The first-order chi connectivity index (χ1) is 10.8. The summed E-state index contributed by atoms with van der Waals surface area (Å²) in [6, 6.07) is 0. The van der Waals surface area contributed by atoms with E-state index >= 15 is 0 Å². The molecular weight excluding hydrogens is 371 g/mol. The zero-order valence-corrected chi connectivity index (χ0v) is 18.7. The minimum absolute atomic E-state index is 0.932. The summed E-state index contributed by atoms with van der Waals surface area (Å²) in [6.45, 7) is 7.15. The van der Waals surface area contributed by atoms with Gasteiger partial charge >= 0.3 is 146 Å². The van der Waals surface area contributed by atoms with Gasteiger partial charge in [0.2, 0.25) is 0 Å². The number of hydrogen-bond acceptors (Lipinski definition) is 0. The molecule has 0 spiro atoms. The molecule has 0 aromatic rings. The van der Waals surface area contributed by atoms with Crippen LogP contribution in [-0.2, 0) is 0 Å². The van der Waals surface area contributed by atoms with E-state index in [0.29, 0.717) is 0 Å². The summed E-state index contributed by atoms with van der Waals surface area (Å²) >= 11 is -1.87. The van der Waals surface area contributed by atoms with Gasteiger partial charge in [0.15, 0.2) is 0 Å². The van der Waals surface area contributed by atoms with Crippen LogP contribution in [0.4, 0.5) is 0 Å². The Bertz CT molecular complexity index is 254. The third-order valence-electron chi connectivity index (χ3n) is 5.79. The van der Waals surface area contributed by atoms with Crippen molar-refractivity contribution in [3.05, 3.63) is 12.2 Å². The first-order valence-electron chi connectivity index (χ1n) is 10.4. The van der Waals surface area contributed by atoms with E-state index in [9.17, 15) is 0 Å². The summed E-state index contributed by atoms with van der Waals surface area (Å²) in [5, 5.41) is 0. The van der Waals surface area contributed by atoms with E-state index in [1.807, 2.05) is 0 Å². The molecule has 130 valence electrons. The molecule has 0 saturated heterocycles. The van der Waals surface area contributed by atoms with Crippen LogP contribution >= 0.6 is 0 Å². The third kappa shape index (κ3) is 8.41. The van der Waals surface area contributed by atoms with Gasteiger partial charge in [-0.25, -0.2) is 0 Å². The third-order valence-corrected chi connectivity index (χ3v) is 21.0. The standard InChI is InChI=1S/C9H15.3C4H9.Sn/c1-2-6-9-7-4-3-5-8-9;3*1-3-4-2;/h2,6,9H,1,3-5,7-8H2;3*1,3-4H2,2H3;/b6-2-;;;;. The van der Waals surface area contributed by atoms with Gasteiger partial charge in [-0.2, -0.15) is 0 Å². The van der Waals surface area contributed by atoms with Gasteiger partial charge in [-0.15, -0.1) is 0 Å². The molecule has 0 nitrogen and oxygen atoms in total. The molecule has 0 heterocycles. The van der Waals surface area contributed by atoms with Crippen molar-refractivity contribution in [2.45, 2.75) is 109 Å². The van der Waals surface area contributed by atoms with Crippen molar-refractivity contribution in [1.29, 1.82) is 0 Å². The van der Waals surface area contributed by atoms with E-state index in [-0.39, 0.29) is 0 Å². The fourth-order valence-electron chi connectivity index (χ4n) is 4.17. The van der Waals surface area contributed by atoms with Crippen molar-refractivity contribution >= 4 is 18.4 Å². The number of rotatable bonds is 12. The average molecular weight is 413 g/mol. The Labute approximate surface area is 145 Å². The zero-order valence-electron chi connectivity index (χ0n) is 15.8. The molecule has 1 fully saturated rings. The predicted octanol–water partition coefficient (Wildman–Crippen LogP) is 7.97. The number of hydrogen-bond donors (Lipinski definition) is 0. The van der Waals surface area contributed by atoms with Gasteiger partial charge in [-0.1, -0.05) is 0 Å². The predicted molar refractivity (Wildman–Crippen MR) is 105 cm³/mol. The maximum atomic E-state index is 2.69. The fraction of sp³-hybridized carbons (Fsp3) is 0.905. The Kier molecular flexibility index (Phi) is 12.1. The topological polar surface area (TPSA) is 0 Å². The van der Waals surface area contributed by atoms with E-state index < -0.39 is 18.4 Å². The van der Waals surface area contributed by atoms with Crippen molar-refractivity contribution in [3.63, 3.8) is 0 Å². The van der Waals surface area contributed by atoms with Gasteiger partial charge in [0.05, 0.1) is 0 Å². The molecule has 0 radical (unpaired) electrons. The number of allylic oxidation sites excluding steroid dienone is 2. The second kappa shape index (κ2) is 12.9. The van der Waals surface area contributed by atoms with Crippen LogP contribution < -0.4 is 0 Å². The van der Waals surface area contributed by atoms with Crippen LogP contribution in [0.25, 0.3) is 0 Å². The van der Waals surface area contributed by atoms with Crippen LogP contribution in [0.5, 0.6) is 0 Å². The first-order valence-corrected chi connectivity index (χ1v) is 18.5. The SMILES string of the molecule is CCC[CH2][Sn]([CH2]/C=C\C1CCCCC1)([CH2]CCC)[CH2]CCC. The molecule has 22 heavy (non-hydrogen) atoms. The summed E-state index contributed by atoms with van der Waals surface area (Å²) < 4.78 is 6.56. The Hall–Kier alpha value is 0.539. The Morgan fingerprint density at radius 1 is 0.773 bits per heavy atom. The van der Waals surface area contributed by atoms with Crippen LogP contribution in [0.2, 0.25) is 17.7 Å². The van der Waals surface area contributed by atoms with Crippen LogP contribution in [0.1, 0.15) is 91.4 Å². The minimum atomic E-state index is -1.87. The molecular formula is C21H42Sn. The molecule has 0 amide bonds. The van der Waals surface area contributed by atoms with Crippen LogP contribution in [0, 0.1) is 5.92 Å². The molecule has 0 N–H and O–H groups in total. The molecule has 0 aromatic carbocycles. The molecule has 0 unspecified atom stereocenters. The van der Waals surface area contributed by atoms with Crippen molar-refractivity contribution in [3.8, 4) is 0 Å². The Balaban J connectivity index is 2.60. The van der Waals surface area contributed by atoms with Crippen molar-refractivity contribution < 1.29 is 0 Å². The first kappa shape index (κ1) is 20.6. The summed E-state index contributed by atoms with van der Waals surface area (Å²) in [5.41, 5.74) is 0. The van der Waals surface area contributed by atoms with Gasteiger partial charge in [-0.05, 0) is 0 Å². The molecule has 1 saturated carbocycles. The van der Waals surface area contributed by atoms with Gasteiger partial charge in [0, 0.05) is 0 Å². The van der Waals surface area contributed by atoms with E-state index in [1.54, 1.807) is 17.7 Å². The summed E-state index contributed by atoms with van der Waals surface area (Å²) in [5.74, 6) is 0.932. The monoisotopic (exact) mass is 414 g/mol. The van der Waals surface area contributed by atoms with Crippen LogP contribution in [-0.4, -0.2) is 18.4 Å². The molecule has 0 aliphatic heterocycles. The zero-order chi connectivity index (χ0) is 16.1. The maximum absolute atomic E-state index is 2.69. The molecule has 0 aromatic heterocycles. The molecule has 1 aliphatic carbocycles. The normalized spacial score (nSPS) is 17.4. The number of unbranched alkanes of at least 4 members (excludes halogenated alkanes) is 3. The van der Waals surface area contributed by atoms with Gasteiger partial charge in [0.1, 0.15) is 0 Å². The van der Waals surface area contributed by atoms with Crippen molar-refractivity contribution in [2.24, 2.45) is 5.92 Å². The van der Waals surface area contributed by atoms with Crippen LogP contribution in [0.3, 0.4) is 0 Å². The van der Waals surface area contributed by atoms with Crippen molar-refractivity contribution in [1.82, 2.24) is 0 Å². The molecule has 0 bridgehead atoms. The van der Waals surface area contributed by atoms with E-state index in [4.69, 9.17) is 0 Å². The average Bonchev–Trinajstić information content (AvgIpc) is 2.57. The fourth-order valence-corrected chi connectivity index (χ4v) is 19.3. The molecule has 1 rings (SSSR count). The molecule has 1 heteroatoms. The van der Waals surface area contributed by atoms with Gasteiger partial charge in [-0.3, -0.25) is 0 Å². The summed E-state index contributed by atoms with van der Waals surface area (Å²) in [4.78, 5) is 0. The van der Waals surface area contributed by atoms with E-state index in [0.717, 1.165) is 5.92 Å². The molecule has 0 atom stereocenters. The second-order valence-corrected chi connectivity index (χ2v) is 21.8. The van der Waals surface area contributed by atoms with Gasteiger partial charge < -0.3 is 0 Å². The van der Waals surface area contributed by atoms with Gasteiger partial charge in [0.25, 0.3) is 0 Å². The quantitative estimate of drug-likeness (QED) is 0.225. The Morgan fingerprint density at radius 3 is 1.73 bits per heavy atom. The second-order valence-electron chi connectivity index (χ2n) is 7.84.